The van der Waals surface area contributed by atoms with Gasteiger partial charge in [0.1, 0.15) is 6.04 Å². The molecule has 1 aromatic carbocycles. The SMILES string of the molecule is C/C=C/CC(NC(=O)C(CC)n1nnc(-c2ccc(Cl)cc2)n1)C(=O)O. The van der Waals surface area contributed by atoms with Crippen LogP contribution in [0.25, 0.3) is 11.4 Å². The Morgan fingerprint density at radius 3 is 2.62 bits per heavy atom. The third-order valence-corrected chi connectivity index (χ3v) is 3.97. The number of carbonyl (C=O) groups is 2. The lowest BCUT2D eigenvalue weighted by Crippen LogP contribution is -2.44. The minimum absolute atomic E-state index is 0.203. The van der Waals surface area contributed by atoms with E-state index >= 15 is 0 Å². The maximum atomic E-state index is 12.5. The number of benzene rings is 1. The zero-order chi connectivity index (χ0) is 19.1. The quantitative estimate of drug-likeness (QED) is 0.684. The number of carbonyl (C=O) groups excluding carboxylic acids is 1. The number of aliphatic carboxylic acids is 1. The lowest BCUT2D eigenvalue weighted by Gasteiger charge is -2.17. The molecule has 2 aromatic rings. The molecule has 2 rings (SSSR count). The fourth-order valence-electron chi connectivity index (χ4n) is 2.29. The summed E-state index contributed by atoms with van der Waals surface area (Å²) >= 11 is 5.86. The summed E-state index contributed by atoms with van der Waals surface area (Å²) in [6.07, 6.45) is 4.01. The Morgan fingerprint density at radius 2 is 2.04 bits per heavy atom. The molecule has 1 heterocycles. The highest BCUT2D eigenvalue weighted by Crippen LogP contribution is 2.18. The average molecular weight is 378 g/mol. The van der Waals surface area contributed by atoms with Gasteiger partial charge in [0.15, 0.2) is 6.04 Å². The molecular weight excluding hydrogens is 358 g/mol. The van der Waals surface area contributed by atoms with Crippen LogP contribution in [0.5, 0.6) is 0 Å². The summed E-state index contributed by atoms with van der Waals surface area (Å²) in [5.41, 5.74) is 0.715. The molecule has 0 aliphatic heterocycles. The van der Waals surface area contributed by atoms with Crippen molar-refractivity contribution in [3.8, 4) is 11.4 Å². The predicted molar refractivity (Wildman–Crippen MR) is 96.6 cm³/mol. The second kappa shape index (κ2) is 9.10. The summed E-state index contributed by atoms with van der Waals surface area (Å²) < 4.78 is 0. The summed E-state index contributed by atoms with van der Waals surface area (Å²) in [6.45, 7) is 3.57. The van der Waals surface area contributed by atoms with Crippen molar-refractivity contribution in [1.29, 1.82) is 0 Å². The van der Waals surface area contributed by atoms with Gasteiger partial charge >= 0.3 is 5.97 Å². The molecule has 0 bridgehead atoms. The van der Waals surface area contributed by atoms with Crippen LogP contribution in [0.1, 0.15) is 32.7 Å². The number of amides is 1. The standard InChI is InChI=1S/C17H20ClN5O3/c1-3-5-6-13(17(25)26)19-16(24)14(4-2)23-21-15(20-22-23)11-7-9-12(18)10-8-11/h3,5,7-10,13-14H,4,6H2,1-2H3,(H,19,24)(H,25,26)/b5-3+. The number of halogens is 1. The lowest BCUT2D eigenvalue weighted by atomic mass is 10.1. The van der Waals surface area contributed by atoms with E-state index in [9.17, 15) is 14.7 Å². The average Bonchev–Trinajstić information content (AvgIpc) is 3.09. The van der Waals surface area contributed by atoms with Gasteiger partial charge < -0.3 is 10.4 Å². The lowest BCUT2D eigenvalue weighted by molar-refractivity contribution is -0.142. The van der Waals surface area contributed by atoms with Gasteiger partial charge in [-0.25, -0.2) is 4.79 Å². The molecule has 1 aromatic heterocycles. The largest absolute Gasteiger partial charge is 0.480 e. The third kappa shape index (κ3) is 4.89. The zero-order valence-electron chi connectivity index (χ0n) is 14.5. The van der Waals surface area contributed by atoms with Gasteiger partial charge in [0, 0.05) is 10.6 Å². The first-order valence-corrected chi connectivity index (χ1v) is 8.53. The second-order valence-corrected chi connectivity index (χ2v) is 6.00. The van der Waals surface area contributed by atoms with E-state index in [4.69, 9.17) is 11.6 Å². The van der Waals surface area contributed by atoms with Crippen LogP contribution in [-0.4, -0.2) is 43.2 Å². The highest BCUT2D eigenvalue weighted by Gasteiger charge is 2.26. The normalized spacial score (nSPS) is 13.5. The Labute approximate surface area is 155 Å². The predicted octanol–water partition coefficient (Wildman–Crippen LogP) is 2.48. The first-order valence-electron chi connectivity index (χ1n) is 8.16. The first kappa shape index (κ1) is 19.6. The summed E-state index contributed by atoms with van der Waals surface area (Å²) in [5, 5.41) is 24.5. The monoisotopic (exact) mass is 377 g/mol. The minimum atomic E-state index is -1.10. The number of hydrogen-bond acceptors (Lipinski definition) is 5. The molecule has 2 N–H and O–H groups in total. The van der Waals surface area contributed by atoms with Crippen LogP contribution >= 0.6 is 11.6 Å². The number of nitrogens with zero attached hydrogens (tertiary/aromatic N) is 4. The van der Waals surface area contributed by atoms with E-state index in [1.165, 1.54) is 4.80 Å². The Hall–Kier alpha value is -2.74. The molecule has 0 saturated carbocycles. The van der Waals surface area contributed by atoms with Crippen molar-refractivity contribution in [2.45, 2.75) is 38.8 Å². The fraction of sp³-hybridized carbons (Fsp3) is 0.353. The molecule has 0 saturated heterocycles. The van der Waals surface area contributed by atoms with E-state index in [0.29, 0.717) is 22.8 Å². The van der Waals surface area contributed by atoms with Crippen LogP contribution < -0.4 is 5.32 Å². The van der Waals surface area contributed by atoms with Crippen LogP contribution in [0.15, 0.2) is 36.4 Å². The molecule has 0 spiro atoms. The van der Waals surface area contributed by atoms with Gasteiger partial charge in [-0.05, 0) is 49.2 Å². The minimum Gasteiger partial charge on any atom is -0.480 e. The van der Waals surface area contributed by atoms with Crippen molar-refractivity contribution in [2.75, 3.05) is 0 Å². The van der Waals surface area contributed by atoms with E-state index in [0.717, 1.165) is 0 Å². The Kier molecular flexibility index (Phi) is 6.85. The molecule has 1 amide bonds. The number of aromatic nitrogens is 4. The number of rotatable bonds is 8. The Bertz CT molecular complexity index is 788. The van der Waals surface area contributed by atoms with Crippen LogP contribution in [0, 0.1) is 0 Å². The molecule has 138 valence electrons. The molecule has 0 fully saturated rings. The van der Waals surface area contributed by atoms with Gasteiger partial charge in [0.05, 0.1) is 0 Å². The van der Waals surface area contributed by atoms with E-state index in [1.807, 2.05) is 0 Å². The van der Waals surface area contributed by atoms with Gasteiger partial charge in [-0.3, -0.25) is 4.79 Å². The van der Waals surface area contributed by atoms with Gasteiger partial charge in [-0.1, -0.05) is 30.7 Å². The Balaban J connectivity index is 2.15. The molecule has 8 nitrogen and oxygen atoms in total. The molecule has 26 heavy (non-hydrogen) atoms. The number of hydrogen-bond donors (Lipinski definition) is 2. The number of nitrogens with one attached hydrogen (secondary N) is 1. The Morgan fingerprint density at radius 1 is 1.35 bits per heavy atom. The van der Waals surface area contributed by atoms with Gasteiger partial charge in [-0.15, -0.1) is 10.2 Å². The van der Waals surface area contributed by atoms with Crippen molar-refractivity contribution < 1.29 is 14.7 Å². The second-order valence-electron chi connectivity index (χ2n) is 5.57. The fourth-order valence-corrected chi connectivity index (χ4v) is 2.41. The highest BCUT2D eigenvalue weighted by atomic mass is 35.5. The molecular formula is C17H20ClN5O3. The van der Waals surface area contributed by atoms with Gasteiger partial charge in [0.25, 0.3) is 0 Å². The van der Waals surface area contributed by atoms with E-state index in [2.05, 4.69) is 20.7 Å². The molecule has 0 radical (unpaired) electrons. The van der Waals surface area contributed by atoms with Crippen molar-refractivity contribution in [3.63, 3.8) is 0 Å². The van der Waals surface area contributed by atoms with Crippen molar-refractivity contribution in [3.05, 3.63) is 41.4 Å². The summed E-state index contributed by atoms with van der Waals surface area (Å²) in [6, 6.07) is 5.16. The maximum absolute atomic E-state index is 12.5. The van der Waals surface area contributed by atoms with Crippen molar-refractivity contribution >= 4 is 23.5 Å². The molecule has 2 unspecified atom stereocenters. The first-order chi connectivity index (χ1) is 12.5. The van der Waals surface area contributed by atoms with E-state index in [-0.39, 0.29) is 6.42 Å². The maximum Gasteiger partial charge on any atom is 0.326 e. The topological polar surface area (TPSA) is 110 Å². The number of tetrazole rings is 1. The molecule has 0 aliphatic rings. The van der Waals surface area contributed by atoms with Gasteiger partial charge in [-0.2, -0.15) is 4.80 Å². The van der Waals surface area contributed by atoms with Gasteiger partial charge in [0.2, 0.25) is 11.7 Å². The number of carboxylic acids is 1. The smallest absolute Gasteiger partial charge is 0.326 e. The molecule has 9 heteroatoms. The van der Waals surface area contributed by atoms with Crippen molar-refractivity contribution in [1.82, 2.24) is 25.5 Å². The molecule has 0 aliphatic carbocycles. The van der Waals surface area contributed by atoms with Crippen molar-refractivity contribution in [2.24, 2.45) is 0 Å². The summed E-state index contributed by atoms with van der Waals surface area (Å²) in [7, 11) is 0. The van der Waals surface area contributed by atoms with Crippen LogP contribution in [-0.2, 0) is 9.59 Å². The van der Waals surface area contributed by atoms with E-state index < -0.39 is 24.0 Å². The zero-order valence-corrected chi connectivity index (χ0v) is 15.2. The summed E-state index contributed by atoms with van der Waals surface area (Å²) in [4.78, 5) is 25.0. The summed E-state index contributed by atoms with van der Waals surface area (Å²) in [5.74, 6) is -1.21. The highest BCUT2D eigenvalue weighted by molar-refractivity contribution is 6.30. The van der Waals surface area contributed by atoms with Crippen LogP contribution in [0.2, 0.25) is 5.02 Å². The third-order valence-electron chi connectivity index (χ3n) is 3.72. The van der Waals surface area contributed by atoms with Crippen LogP contribution in [0.3, 0.4) is 0 Å². The number of carboxylic acid groups (broad SMARTS) is 1. The molecule has 2 atom stereocenters. The van der Waals surface area contributed by atoms with E-state index in [1.54, 1.807) is 50.3 Å². The van der Waals surface area contributed by atoms with Crippen LogP contribution in [0.4, 0.5) is 0 Å². The number of allylic oxidation sites excluding steroid dienone is 1.